The third-order valence-electron chi connectivity index (χ3n) is 4.63. The molecule has 0 N–H and O–H groups in total. The van der Waals surface area contributed by atoms with Crippen LogP contribution in [0.15, 0.2) is 11.2 Å². The van der Waals surface area contributed by atoms with E-state index >= 15 is 0 Å². The van der Waals surface area contributed by atoms with Crippen molar-refractivity contribution in [2.24, 2.45) is 14.1 Å². The molecule has 0 spiro atoms. The molecule has 1 aliphatic rings. The van der Waals surface area contributed by atoms with Gasteiger partial charge in [-0.05, 0) is 38.5 Å². The smallest absolute Gasteiger partial charge is 0.304 e. The average Bonchev–Trinajstić information content (AvgIpc) is 3.20. The normalized spacial score (nSPS) is 15.6. The van der Waals surface area contributed by atoms with Gasteiger partial charge in [-0.2, -0.15) is 18.3 Å². The van der Waals surface area contributed by atoms with E-state index in [9.17, 15) is 13.2 Å². The SMILES string of the molecule is Cn1c(SCCCN2CCC2)nnc1-c1cc2c(C(F)(F)F)nn(C)c2s1. The fourth-order valence-electron chi connectivity index (χ4n) is 3.07. The lowest BCUT2D eigenvalue weighted by Gasteiger charge is -2.30. The maximum Gasteiger partial charge on any atom is 0.435 e. The predicted octanol–water partition coefficient (Wildman–Crippen LogP) is 3.64. The van der Waals surface area contributed by atoms with Gasteiger partial charge in [0.2, 0.25) is 0 Å². The van der Waals surface area contributed by atoms with Crippen LogP contribution in [0.25, 0.3) is 20.9 Å². The molecule has 0 amide bonds. The van der Waals surface area contributed by atoms with Gasteiger partial charge < -0.3 is 9.47 Å². The Morgan fingerprint density at radius 2 is 2.00 bits per heavy atom. The molecule has 0 saturated carbocycles. The summed E-state index contributed by atoms with van der Waals surface area (Å²) >= 11 is 2.87. The Morgan fingerprint density at radius 1 is 1.22 bits per heavy atom. The molecule has 0 unspecified atom stereocenters. The summed E-state index contributed by atoms with van der Waals surface area (Å²) in [5.41, 5.74) is -0.856. The fraction of sp³-hybridized carbons (Fsp3) is 0.562. The van der Waals surface area contributed by atoms with Crippen molar-refractivity contribution in [2.45, 2.75) is 24.2 Å². The quantitative estimate of drug-likeness (QED) is 0.454. The van der Waals surface area contributed by atoms with Crippen LogP contribution in [0.3, 0.4) is 0 Å². The number of alkyl halides is 3. The Hall–Kier alpha value is -1.59. The van der Waals surface area contributed by atoms with Crippen LogP contribution in [0, 0.1) is 0 Å². The van der Waals surface area contributed by atoms with Gasteiger partial charge in [0.25, 0.3) is 0 Å². The van der Waals surface area contributed by atoms with Gasteiger partial charge in [0, 0.05) is 25.2 Å². The number of aryl methyl sites for hydroxylation is 1. The van der Waals surface area contributed by atoms with E-state index in [1.807, 2.05) is 11.6 Å². The zero-order valence-corrected chi connectivity index (χ0v) is 16.6. The number of rotatable bonds is 6. The number of thioether (sulfide) groups is 1. The van der Waals surface area contributed by atoms with E-state index in [2.05, 4.69) is 20.2 Å². The van der Waals surface area contributed by atoms with Crippen LogP contribution in [0.2, 0.25) is 0 Å². The molecule has 0 aliphatic carbocycles. The monoisotopic (exact) mass is 416 g/mol. The first kappa shape index (κ1) is 18.8. The van der Waals surface area contributed by atoms with Gasteiger partial charge in [-0.15, -0.1) is 21.5 Å². The third-order valence-corrected chi connectivity index (χ3v) is 6.94. The van der Waals surface area contributed by atoms with Crippen LogP contribution in [-0.2, 0) is 20.3 Å². The van der Waals surface area contributed by atoms with E-state index in [1.54, 1.807) is 11.8 Å². The molecule has 3 aromatic rings. The highest BCUT2D eigenvalue weighted by molar-refractivity contribution is 7.99. The minimum absolute atomic E-state index is 0.108. The summed E-state index contributed by atoms with van der Waals surface area (Å²) in [4.78, 5) is 3.56. The first-order valence-electron chi connectivity index (χ1n) is 8.63. The Kier molecular flexibility index (Phi) is 4.93. The Morgan fingerprint density at radius 3 is 2.67 bits per heavy atom. The molecule has 0 aromatic carbocycles. The van der Waals surface area contributed by atoms with Gasteiger partial charge in [0.05, 0.1) is 4.88 Å². The van der Waals surface area contributed by atoms with Crippen molar-refractivity contribution < 1.29 is 13.2 Å². The van der Waals surface area contributed by atoms with E-state index < -0.39 is 11.9 Å². The highest BCUT2D eigenvalue weighted by Crippen LogP contribution is 2.40. The van der Waals surface area contributed by atoms with Crippen molar-refractivity contribution in [3.8, 4) is 10.7 Å². The predicted molar refractivity (Wildman–Crippen MR) is 100.0 cm³/mol. The molecular weight excluding hydrogens is 397 g/mol. The van der Waals surface area contributed by atoms with Crippen LogP contribution >= 0.6 is 23.1 Å². The molecule has 1 aliphatic heterocycles. The lowest BCUT2D eigenvalue weighted by atomic mass is 10.2. The van der Waals surface area contributed by atoms with Gasteiger partial charge >= 0.3 is 6.18 Å². The molecule has 0 bridgehead atoms. The Balaban J connectivity index is 1.52. The Bertz CT molecular complexity index is 954. The zero-order valence-electron chi connectivity index (χ0n) is 15.0. The molecule has 3 aromatic heterocycles. The van der Waals surface area contributed by atoms with Gasteiger partial charge in [0.1, 0.15) is 4.83 Å². The molecule has 1 fully saturated rings. The molecule has 0 atom stereocenters. The topological polar surface area (TPSA) is 51.8 Å². The summed E-state index contributed by atoms with van der Waals surface area (Å²) in [6, 6.07) is 1.51. The molecule has 11 heteroatoms. The molecule has 1 saturated heterocycles. The summed E-state index contributed by atoms with van der Waals surface area (Å²) in [7, 11) is 3.37. The van der Waals surface area contributed by atoms with E-state index in [1.165, 1.54) is 48.6 Å². The molecule has 6 nitrogen and oxygen atoms in total. The lowest BCUT2D eigenvalue weighted by molar-refractivity contribution is -0.140. The second-order valence-corrected chi connectivity index (χ2v) is 8.65. The number of likely N-dealkylation sites (tertiary alicyclic amines) is 1. The van der Waals surface area contributed by atoms with Crippen LogP contribution in [0.4, 0.5) is 13.2 Å². The highest BCUT2D eigenvalue weighted by atomic mass is 32.2. The molecule has 146 valence electrons. The minimum Gasteiger partial charge on any atom is -0.304 e. The van der Waals surface area contributed by atoms with E-state index in [0.717, 1.165) is 23.9 Å². The van der Waals surface area contributed by atoms with Crippen molar-refractivity contribution >= 4 is 33.3 Å². The van der Waals surface area contributed by atoms with Crippen molar-refractivity contribution in [1.82, 2.24) is 29.4 Å². The lowest BCUT2D eigenvalue weighted by Crippen LogP contribution is -2.37. The van der Waals surface area contributed by atoms with Crippen LogP contribution in [0.1, 0.15) is 18.5 Å². The number of hydrogen-bond acceptors (Lipinski definition) is 6. The second kappa shape index (κ2) is 7.10. The van der Waals surface area contributed by atoms with Gasteiger partial charge in [-0.3, -0.25) is 4.68 Å². The second-order valence-electron chi connectivity index (χ2n) is 6.56. The van der Waals surface area contributed by atoms with Crippen molar-refractivity contribution in [1.29, 1.82) is 0 Å². The van der Waals surface area contributed by atoms with Gasteiger partial charge in [0.15, 0.2) is 16.7 Å². The third kappa shape index (κ3) is 3.59. The average molecular weight is 416 g/mol. The van der Waals surface area contributed by atoms with E-state index in [0.29, 0.717) is 15.5 Å². The number of hydrogen-bond donors (Lipinski definition) is 0. The van der Waals surface area contributed by atoms with Gasteiger partial charge in [-0.1, -0.05) is 11.8 Å². The number of aromatic nitrogens is 5. The summed E-state index contributed by atoms with van der Waals surface area (Å²) in [5.74, 6) is 1.52. The summed E-state index contributed by atoms with van der Waals surface area (Å²) in [6.07, 6.45) is -2.11. The van der Waals surface area contributed by atoms with E-state index in [-0.39, 0.29) is 5.39 Å². The summed E-state index contributed by atoms with van der Waals surface area (Å²) in [5, 5.41) is 12.9. The van der Waals surface area contributed by atoms with Crippen LogP contribution < -0.4 is 0 Å². The molecule has 0 radical (unpaired) electrons. The molecule has 4 rings (SSSR count). The van der Waals surface area contributed by atoms with Crippen molar-refractivity contribution in [2.75, 3.05) is 25.4 Å². The standard InChI is InChI=1S/C16H19F3N6S2/c1-23-13(20-21-15(23)26-8-4-7-25-5-3-6-25)11-9-10-12(16(17,18)19)22-24(2)14(10)27-11/h9H,3-8H2,1-2H3. The van der Waals surface area contributed by atoms with Crippen LogP contribution in [-0.4, -0.2) is 54.8 Å². The molecular formula is C16H19F3N6S2. The Labute approximate surface area is 162 Å². The highest BCUT2D eigenvalue weighted by Gasteiger charge is 2.37. The maximum atomic E-state index is 13.2. The van der Waals surface area contributed by atoms with Crippen LogP contribution in [0.5, 0.6) is 0 Å². The number of nitrogens with zero attached hydrogens (tertiary/aromatic N) is 6. The van der Waals surface area contributed by atoms with Crippen molar-refractivity contribution in [3.63, 3.8) is 0 Å². The fourth-order valence-corrected chi connectivity index (χ4v) is 5.00. The number of halogens is 3. The van der Waals surface area contributed by atoms with Crippen molar-refractivity contribution in [3.05, 3.63) is 11.8 Å². The first-order valence-corrected chi connectivity index (χ1v) is 10.4. The first-order chi connectivity index (χ1) is 12.8. The van der Waals surface area contributed by atoms with E-state index in [4.69, 9.17) is 0 Å². The number of thiophene rings is 1. The summed E-state index contributed by atoms with van der Waals surface area (Å²) < 4.78 is 42.6. The van der Waals surface area contributed by atoms with Gasteiger partial charge in [-0.25, -0.2) is 0 Å². The maximum absolute atomic E-state index is 13.2. The molecule has 27 heavy (non-hydrogen) atoms. The largest absolute Gasteiger partial charge is 0.435 e. The minimum atomic E-state index is -4.48. The number of fused-ring (bicyclic) bond motifs is 1. The zero-order chi connectivity index (χ0) is 19.2. The molecule has 4 heterocycles. The summed E-state index contributed by atoms with van der Waals surface area (Å²) in [6.45, 7) is 3.49.